The van der Waals surface area contributed by atoms with Gasteiger partial charge in [-0.05, 0) is 84.8 Å². The van der Waals surface area contributed by atoms with Gasteiger partial charge in [-0.15, -0.1) is 0 Å². The van der Waals surface area contributed by atoms with Gasteiger partial charge in [0.25, 0.3) is 0 Å². The molecule has 0 unspecified atom stereocenters. The minimum atomic E-state index is 0.935. The Morgan fingerprint density at radius 1 is 1.17 bits per heavy atom. The van der Waals surface area contributed by atoms with Crippen LogP contribution < -0.4 is 5.32 Å². The van der Waals surface area contributed by atoms with Crippen LogP contribution in [-0.4, -0.2) is 63.2 Å². The van der Waals surface area contributed by atoms with Crippen LogP contribution in [0.15, 0.2) is 0 Å². The summed E-state index contributed by atoms with van der Waals surface area (Å²) >= 11 is 0. The molecule has 0 aromatic carbocycles. The van der Waals surface area contributed by atoms with E-state index in [0.717, 1.165) is 5.92 Å². The number of hydrogen-bond acceptors (Lipinski definition) is 3. The van der Waals surface area contributed by atoms with Crippen molar-refractivity contribution in [1.29, 1.82) is 0 Å². The van der Waals surface area contributed by atoms with E-state index in [4.69, 9.17) is 0 Å². The molecule has 3 heteroatoms. The summed E-state index contributed by atoms with van der Waals surface area (Å²) in [5.41, 5.74) is 0. The van der Waals surface area contributed by atoms with Crippen LogP contribution in [0.4, 0.5) is 0 Å². The van der Waals surface area contributed by atoms with Crippen LogP contribution in [0.25, 0.3) is 0 Å². The lowest BCUT2D eigenvalue weighted by Crippen LogP contribution is -2.36. The summed E-state index contributed by atoms with van der Waals surface area (Å²) in [6.07, 6.45) is 6.67. The van der Waals surface area contributed by atoms with Crippen molar-refractivity contribution in [3.05, 3.63) is 0 Å². The Bertz CT molecular complexity index is 188. The second kappa shape index (κ2) is 9.76. The Balaban J connectivity index is 1.95. The van der Waals surface area contributed by atoms with Gasteiger partial charge in [-0.1, -0.05) is 6.92 Å². The Morgan fingerprint density at radius 2 is 1.89 bits per heavy atom. The third-order valence-corrected chi connectivity index (χ3v) is 3.98. The van der Waals surface area contributed by atoms with Gasteiger partial charge in [0.2, 0.25) is 0 Å². The molecule has 1 fully saturated rings. The van der Waals surface area contributed by atoms with Crippen LogP contribution in [0.5, 0.6) is 0 Å². The number of nitrogens with one attached hydrogen (secondary N) is 1. The maximum atomic E-state index is 3.47. The summed E-state index contributed by atoms with van der Waals surface area (Å²) < 4.78 is 0. The topological polar surface area (TPSA) is 18.5 Å². The molecule has 1 N–H and O–H groups in total. The largest absolute Gasteiger partial charge is 0.317 e. The van der Waals surface area contributed by atoms with Gasteiger partial charge in [0.05, 0.1) is 0 Å². The standard InChI is InChI=1S/C15H33N3/c1-4-9-16-10-5-6-11-18(3)14-15-7-12-17(2)13-8-15/h15-16H,4-14H2,1-3H3. The van der Waals surface area contributed by atoms with Gasteiger partial charge in [0.15, 0.2) is 0 Å². The van der Waals surface area contributed by atoms with E-state index >= 15 is 0 Å². The van der Waals surface area contributed by atoms with Crippen molar-refractivity contribution in [3.8, 4) is 0 Å². The number of nitrogens with zero attached hydrogens (tertiary/aromatic N) is 2. The third-order valence-electron chi connectivity index (χ3n) is 3.98. The Hall–Kier alpha value is -0.120. The predicted octanol–water partition coefficient (Wildman–Crippen LogP) is 2.04. The van der Waals surface area contributed by atoms with Crippen molar-refractivity contribution < 1.29 is 0 Å². The average molecular weight is 255 g/mol. The van der Waals surface area contributed by atoms with Crippen LogP contribution in [-0.2, 0) is 0 Å². The predicted molar refractivity (Wildman–Crippen MR) is 80.1 cm³/mol. The molecule has 1 aliphatic heterocycles. The highest BCUT2D eigenvalue weighted by molar-refractivity contribution is 4.72. The zero-order valence-electron chi connectivity index (χ0n) is 12.7. The first-order valence-electron chi connectivity index (χ1n) is 7.80. The van der Waals surface area contributed by atoms with Crippen molar-refractivity contribution >= 4 is 0 Å². The SMILES string of the molecule is CCCNCCCCN(C)CC1CCN(C)CC1. The van der Waals surface area contributed by atoms with Crippen molar-refractivity contribution in [1.82, 2.24) is 15.1 Å². The molecule has 0 aliphatic carbocycles. The number of hydrogen-bond donors (Lipinski definition) is 1. The summed E-state index contributed by atoms with van der Waals surface area (Å²) in [4.78, 5) is 4.99. The maximum absolute atomic E-state index is 3.47. The molecule has 1 rings (SSSR count). The van der Waals surface area contributed by atoms with E-state index < -0.39 is 0 Å². The van der Waals surface area contributed by atoms with Crippen LogP contribution in [0.1, 0.15) is 39.0 Å². The van der Waals surface area contributed by atoms with Crippen molar-refractivity contribution in [2.24, 2.45) is 5.92 Å². The second-order valence-electron chi connectivity index (χ2n) is 5.97. The first-order valence-corrected chi connectivity index (χ1v) is 7.80. The monoisotopic (exact) mass is 255 g/mol. The smallest absolute Gasteiger partial charge is 0.000756 e. The molecule has 0 aromatic rings. The Kier molecular flexibility index (Phi) is 8.64. The van der Waals surface area contributed by atoms with E-state index in [0.29, 0.717) is 0 Å². The molecule has 1 heterocycles. The molecule has 0 radical (unpaired) electrons. The zero-order valence-corrected chi connectivity index (χ0v) is 12.7. The number of unbranched alkanes of at least 4 members (excludes halogenated alkanes) is 1. The lowest BCUT2D eigenvalue weighted by Gasteiger charge is -2.31. The molecule has 0 atom stereocenters. The normalized spacial score (nSPS) is 18.7. The second-order valence-corrected chi connectivity index (χ2v) is 5.97. The van der Waals surface area contributed by atoms with E-state index in [-0.39, 0.29) is 0 Å². The molecular formula is C15H33N3. The minimum absolute atomic E-state index is 0.935. The molecule has 0 aromatic heterocycles. The molecule has 0 amide bonds. The molecule has 0 spiro atoms. The van der Waals surface area contributed by atoms with E-state index in [9.17, 15) is 0 Å². The lowest BCUT2D eigenvalue weighted by molar-refractivity contribution is 0.175. The molecule has 0 saturated carbocycles. The first kappa shape index (κ1) is 15.9. The molecule has 18 heavy (non-hydrogen) atoms. The van der Waals surface area contributed by atoms with Gasteiger partial charge in [-0.25, -0.2) is 0 Å². The van der Waals surface area contributed by atoms with Gasteiger partial charge in [-0.3, -0.25) is 0 Å². The van der Waals surface area contributed by atoms with E-state index in [1.54, 1.807) is 0 Å². The summed E-state index contributed by atoms with van der Waals surface area (Å²) in [7, 11) is 4.53. The van der Waals surface area contributed by atoms with Gasteiger partial charge in [0, 0.05) is 6.54 Å². The molecule has 3 nitrogen and oxygen atoms in total. The molecule has 108 valence electrons. The van der Waals surface area contributed by atoms with Crippen LogP contribution in [0, 0.1) is 5.92 Å². The summed E-state index contributed by atoms with van der Waals surface area (Å²) in [6.45, 7) is 9.74. The lowest BCUT2D eigenvalue weighted by atomic mass is 9.96. The molecule has 0 bridgehead atoms. The quantitative estimate of drug-likeness (QED) is 0.636. The minimum Gasteiger partial charge on any atom is -0.317 e. The third kappa shape index (κ3) is 7.34. The van der Waals surface area contributed by atoms with E-state index in [1.165, 1.54) is 71.4 Å². The number of piperidine rings is 1. The van der Waals surface area contributed by atoms with Gasteiger partial charge in [0.1, 0.15) is 0 Å². The number of likely N-dealkylation sites (tertiary alicyclic amines) is 1. The van der Waals surface area contributed by atoms with Crippen LogP contribution in [0.2, 0.25) is 0 Å². The average Bonchev–Trinajstić information content (AvgIpc) is 2.36. The zero-order chi connectivity index (χ0) is 13.2. The first-order chi connectivity index (χ1) is 8.72. The van der Waals surface area contributed by atoms with Crippen molar-refractivity contribution in [2.75, 3.05) is 53.4 Å². The van der Waals surface area contributed by atoms with Crippen LogP contribution >= 0.6 is 0 Å². The fraction of sp³-hybridized carbons (Fsp3) is 1.00. The number of rotatable bonds is 9. The van der Waals surface area contributed by atoms with Gasteiger partial charge < -0.3 is 15.1 Å². The highest BCUT2D eigenvalue weighted by atomic mass is 15.1. The molecule has 1 saturated heterocycles. The van der Waals surface area contributed by atoms with Crippen molar-refractivity contribution in [2.45, 2.75) is 39.0 Å². The highest BCUT2D eigenvalue weighted by Crippen LogP contribution is 2.16. The Morgan fingerprint density at radius 3 is 2.56 bits per heavy atom. The summed E-state index contributed by atoms with van der Waals surface area (Å²) in [5, 5.41) is 3.47. The highest BCUT2D eigenvalue weighted by Gasteiger charge is 2.17. The molecule has 1 aliphatic rings. The summed E-state index contributed by atoms with van der Waals surface area (Å²) in [5.74, 6) is 0.935. The fourth-order valence-electron chi connectivity index (χ4n) is 2.71. The maximum Gasteiger partial charge on any atom is 0.000756 e. The molecular weight excluding hydrogens is 222 g/mol. The van der Waals surface area contributed by atoms with E-state index in [1.807, 2.05) is 0 Å². The Labute approximate surface area is 114 Å². The van der Waals surface area contributed by atoms with E-state index in [2.05, 4.69) is 36.1 Å². The fourth-order valence-corrected chi connectivity index (χ4v) is 2.71. The van der Waals surface area contributed by atoms with Crippen LogP contribution in [0.3, 0.4) is 0 Å². The van der Waals surface area contributed by atoms with Crippen molar-refractivity contribution in [3.63, 3.8) is 0 Å². The van der Waals surface area contributed by atoms with Gasteiger partial charge in [-0.2, -0.15) is 0 Å². The van der Waals surface area contributed by atoms with Gasteiger partial charge >= 0.3 is 0 Å². The summed E-state index contributed by atoms with van der Waals surface area (Å²) in [6, 6.07) is 0.